The lowest BCUT2D eigenvalue weighted by Gasteiger charge is -2.55. The Balaban J connectivity index is 1.26. The lowest BCUT2D eigenvalue weighted by Crippen LogP contribution is -2.59. The number of amides is 1. The summed E-state index contributed by atoms with van der Waals surface area (Å²) >= 11 is 0. The zero-order valence-electron chi connectivity index (χ0n) is 22.9. The van der Waals surface area contributed by atoms with E-state index in [0.29, 0.717) is 30.8 Å². The fraction of sp³-hybridized carbons (Fsp3) is 0.455. The van der Waals surface area contributed by atoms with Crippen LogP contribution in [-0.2, 0) is 31.3 Å². The Morgan fingerprint density at radius 1 is 1.08 bits per heavy atom. The smallest absolute Gasteiger partial charge is 0.261 e. The predicted octanol–water partition coefficient (Wildman–Crippen LogP) is 4.70. The first-order valence-electron chi connectivity index (χ1n) is 14.5. The first kappa shape index (κ1) is 24.6. The van der Waals surface area contributed by atoms with Crippen molar-refractivity contribution in [3.8, 4) is 5.75 Å². The van der Waals surface area contributed by atoms with Crippen molar-refractivity contribution in [1.82, 2.24) is 14.8 Å². The van der Waals surface area contributed by atoms with E-state index in [-0.39, 0.29) is 22.4 Å². The molecular formula is C33H37N3O3. The van der Waals surface area contributed by atoms with Crippen molar-refractivity contribution < 1.29 is 9.90 Å². The summed E-state index contributed by atoms with van der Waals surface area (Å²) in [7, 11) is 0. The molecule has 1 unspecified atom stereocenters. The number of aryl methyl sites for hydroxylation is 1. The number of likely N-dealkylation sites (tertiary alicyclic amines) is 1. The van der Waals surface area contributed by atoms with Crippen LogP contribution in [0, 0.1) is 18.8 Å². The molecule has 2 fully saturated rings. The van der Waals surface area contributed by atoms with Crippen LogP contribution < -0.4 is 5.56 Å². The van der Waals surface area contributed by atoms with Gasteiger partial charge in [0.25, 0.3) is 11.5 Å². The summed E-state index contributed by atoms with van der Waals surface area (Å²) in [6.45, 7) is 7.76. The number of pyridine rings is 1. The number of benzene rings is 2. The average Bonchev–Trinajstić information content (AvgIpc) is 3.64. The van der Waals surface area contributed by atoms with E-state index in [0.717, 1.165) is 60.7 Å². The monoisotopic (exact) mass is 523 g/mol. The van der Waals surface area contributed by atoms with Gasteiger partial charge in [-0.2, -0.15) is 0 Å². The van der Waals surface area contributed by atoms with Gasteiger partial charge in [-0.05, 0) is 110 Å². The molecule has 2 aromatic carbocycles. The molecule has 1 aromatic heterocycles. The molecule has 3 atom stereocenters. The summed E-state index contributed by atoms with van der Waals surface area (Å²) < 4.78 is 0. The first-order chi connectivity index (χ1) is 18.8. The molecule has 0 spiro atoms. The Labute approximate surface area is 229 Å². The molecule has 2 N–H and O–H groups in total. The van der Waals surface area contributed by atoms with Gasteiger partial charge in [0.2, 0.25) is 0 Å². The molecule has 2 aliphatic carbocycles. The van der Waals surface area contributed by atoms with Gasteiger partial charge in [0.15, 0.2) is 0 Å². The number of carbonyl (C=O) groups is 1. The number of piperidine rings is 1. The lowest BCUT2D eigenvalue weighted by molar-refractivity contribution is 0.0246. The van der Waals surface area contributed by atoms with Crippen LogP contribution in [0.1, 0.15) is 70.1 Å². The van der Waals surface area contributed by atoms with Gasteiger partial charge >= 0.3 is 0 Å². The van der Waals surface area contributed by atoms with Crippen LogP contribution in [0.2, 0.25) is 0 Å². The van der Waals surface area contributed by atoms with Gasteiger partial charge in [-0.15, -0.1) is 0 Å². The minimum Gasteiger partial charge on any atom is -0.508 e. The maximum atomic E-state index is 13.6. The predicted molar refractivity (Wildman–Crippen MR) is 151 cm³/mol. The van der Waals surface area contributed by atoms with Crippen LogP contribution in [0.5, 0.6) is 5.75 Å². The zero-order valence-corrected chi connectivity index (χ0v) is 22.9. The first-order valence-corrected chi connectivity index (χ1v) is 14.5. The lowest BCUT2D eigenvalue weighted by atomic mass is 9.55. The van der Waals surface area contributed by atoms with Gasteiger partial charge < -0.3 is 19.9 Å². The number of aromatic hydroxyl groups is 1. The third-order valence-corrected chi connectivity index (χ3v) is 10.2. The van der Waals surface area contributed by atoms with E-state index >= 15 is 0 Å². The highest BCUT2D eigenvalue weighted by atomic mass is 16.3. The Morgan fingerprint density at radius 3 is 2.54 bits per heavy atom. The van der Waals surface area contributed by atoms with E-state index < -0.39 is 0 Å². The number of rotatable bonds is 4. The van der Waals surface area contributed by atoms with E-state index in [9.17, 15) is 14.7 Å². The maximum absolute atomic E-state index is 13.6. The summed E-state index contributed by atoms with van der Waals surface area (Å²) in [6.07, 6.45) is 5.19. The molecule has 1 amide bonds. The van der Waals surface area contributed by atoms with Crippen molar-refractivity contribution in [2.75, 3.05) is 13.1 Å². The van der Waals surface area contributed by atoms with Gasteiger partial charge in [0, 0.05) is 36.8 Å². The molecule has 2 aliphatic heterocycles. The standard InChI is InChI=1S/C33H37N3O3/c1-20-7-10-26(37)15-28(20)33-11-12-35(17-22-8-9-22)21(2)29(33)14-25-13-27(31(38)34-30(25)16-33)32(39)36-18-23-5-3-4-6-24(23)19-36/h3-7,10,13,15,21-22,29,37H,8-9,11-12,14,16-19H2,1-2H3,(H,34,38)/t21-,29+,33?/m1/s1. The number of hydrogen-bond acceptors (Lipinski definition) is 4. The zero-order chi connectivity index (χ0) is 26.9. The molecule has 3 aromatic rings. The molecule has 6 nitrogen and oxygen atoms in total. The van der Waals surface area contributed by atoms with Crippen molar-refractivity contribution >= 4 is 5.91 Å². The van der Waals surface area contributed by atoms with Crippen LogP contribution in [0.4, 0.5) is 0 Å². The Kier molecular flexibility index (Phi) is 5.74. The third kappa shape index (κ3) is 4.11. The molecule has 7 rings (SSSR count). The van der Waals surface area contributed by atoms with Crippen molar-refractivity contribution in [2.24, 2.45) is 11.8 Å². The number of aromatic nitrogens is 1. The topological polar surface area (TPSA) is 76.6 Å². The molecule has 202 valence electrons. The summed E-state index contributed by atoms with van der Waals surface area (Å²) in [5, 5.41) is 10.5. The molecule has 1 saturated carbocycles. The second-order valence-corrected chi connectivity index (χ2v) is 12.5. The summed E-state index contributed by atoms with van der Waals surface area (Å²) in [6, 6.07) is 16.1. The third-order valence-electron chi connectivity index (χ3n) is 10.2. The molecule has 39 heavy (non-hydrogen) atoms. The number of phenols is 1. The Hall–Kier alpha value is -3.38. The molecule has 0 radical (unpaired) electrons. The van der Waals surface area contributed by atoms with Gasteiger partial charge in [0.1, 0.15) is 11.3 Å². The van der Waals surface area contributed by atoms with Crippen molar-refractivity contribution in [2.45, 2.75) is 70.5 Å². The largest absolute Gasteiger partial charge is 0.508 e. The Morgan fingerprint density at radius 2 is 1.82 bits per heavy atom. The van der Waals surface area contributed by atoms with Gasteiger partial charge in [0.05, 0.1) is 0 Å². The van der Waals surface area contributed by atoms with E-state index in [1.165, 1.54) is 24.0 Å². The average molecular weight is 524 g/mol. The second kappa shape index (κ2) is 9.09. The van der Waals surface area contributed by atoms with Crippen LogP contribution in [-0.4, -0.2) is 44.9 Å². The fourth-order valence-electron chi connectivity index (χ4n) is 7.81. The minimum absolute atomic E-state index is 0.166. The maximum Gasteiger partial charge on any atom is 0.261 e. The van der Waals surface area contributed by atoms with Crippen molar-refractivity contribution in [1.29, 1.82) is 0 Å². The Bertz CT molecular complexity index is 1500. The van der Waals surface area contributed by atoms with Crippen molar-refractivity contribution in [3.05, 3.63) is 98.0 Å². The number of fused-ring (bicyclic) bond motifs is 3. The molecule has 6 heteroatoms. The van der Waals surface area contributed by atoms with Gasteiger partial charge in [-0.1, -0.05) is 30.3 Å². The fourth-order valence-corrected chi connectivity index (χ4v) is 7.81. The van der Waals surface area contributed by atoms with E-state index in [4.69, 9.17) is 0 Å². The number of carbonyl (C=O) groups excluding carboxylic acids is 1. The number of H-pyrrole nitrogens is 1. The number of aromatic amines is 1. The summed E-state index contributed by atoms with van der Waals surface area (Å²) in [4.78, 5) is 34.6. The van der Waals surface area contributed by atoms with Crippen LogP contribution >= 0.6 is 0 Å². The number of hydrogen-bond donors (Lipinski definition) is 2. The number of nitrogens with one attached hydrogen (secondary N) is 1. The molecule has 1 saturated heterocycles. The number of nitrogens with zero attached hydrogens (tertiary/aromatic N) is 2. The number of phenolic OH excluding ortho intramolecular Hbond substituents is 1. The second-order valence-electron chi connectivity index (χ2n) is 12.5. The SMILES string of the molecule is Cc1ccc(O)cc1C12CCN(CC3CC3)[C@H](C)[C@@H]1Cc1cc(C(=O)N3Cc4ccccc4C3)c(=O)[nH]c1C2. The van der Waals surface area contributed by atoms with Crippen LogP contribution in [0.25, 0.3) is 0 Å². The van der Waals surface area contributed by atoms with E-state index in [1.54, 1.807) is 11.0 Å². The quantitative estimate of drug-likeness (QED) is 0.520. The molecule has 4 aliphatic rings. The van der Waals surface area contributed by atoms with Crippen molar-refractivity contribution in [3.63, 3.8) is 0 Å². The molecular weight excluding hydrogens is 486 g/mol. The van der Waals surface area contributed by atoms with Gasteiger partial charge in [-0.25, -0.2) is 0 Å². The minimum atomic E-state index is -0.296. The van der Waals surface area contributed by atoms with Crippen LogP contribution in [0.3, 0.4) is 0 Å². The highest BCUT2D eigenvalue weighted by molar-refractivity contribution is 5.94. The van der Waals surface area contributed by atoms with E-state index in [1.807, 2.05) is 30.3 Å². The summed E-state index contributed by atoms with van der Waals surface area (Å²) in [5.41, 5.74) is 6.52. The normalized spacial score (nSPS) is 26.2. The molecule has 3 heterocycles. The van der Waals surface area contributed by atoms with Crippen LogP contribution in [0.15, 0.2) is 53.3 Å². The summed E-state index contributed by atoms with van der Waals surface area (Å²) in [5.74, 6) is 1.25. The highest BCUT2D eigenvalue weighted by Crippen LogP contribution is 2.51. The van der Waals surface area contributed by atoms with E-state index in [2.05, 4.69) is 35.9 Å². The highest BCUT2D eigenvalue weighted by Gasteiger charge is 2.52. The molecule has 0 bridgehead atoms. The van der Waals surface area contributed by atoms with Gasteiger partial charge in [-0.3, -0.25) is 9.59 Å².